The predicted octanol–water partition coefficient (Wildman–Crippen LogP) is 3.35. The normalized spacial score (nSPS) is 17.2. The Morgan fingerprint density at radius 1 is 1.04 bits per heavy atom. The summed E-state index contributed by atoms with van der Waals surface area (Å²) in [5.41, 5.74) is 2.47. The van der Waals surface area contributed by atoms with Gasteiger partial charge in [-0.25, -0.2) is 0 Å². The van der Waals surface area contributed by atoms with E-state index >= 15 is 0 Å². The van der Waals surface area contributed by atoms with Crippen molar-refractivity contribution in [2.45, 2.75) is 25.4 Å². The Bertz CT molecular complexity index is 641. The van der Waals surface area contributed by atoms with Crippen molar-refractivity contribution in [3.63, 3.8) is 0 Å². The maximum absolute atomic E-state index is 12.9. The molecule has 0 radical (unpaired) electrons. The smallest absolute Gasteiger partial charge is 0.224 e. The van der Waals surface area contributed by atoms with Gasteiger partial charge in [0, 0.05) is 43.6 Å². The van der Waals surface area contributed by atoms with E-state index in [9.17, 15) is 4.79 Å². The average molecular weight is 355 g/mol. The zero-order valence-electron chi connectivity index (χ0n) is 14.6. The molecule has 0 bridgehead atoms. The van der Waals surface area contributed by atoms with Crippen LogP contribution < -0.4 is 5.32 Å². The molecule has 1 N–H and O–H groups in total. The summed E-state index contributed by atoms with van der Waals surface area (Å²) in [4.78, 5) is 14.9. The van der Waals surface area contributed by atoms with E-state index in [1.807, 2.05) is 40.9 Å². The first-order chi connectivity index (χ1) is 12.3. The van der Waals surface area contributed by atoms with E-state index in [-0.39, 0.29) is 5.91 Å². The quantitative estimate of drug-likeness (QED) is 0.827. The molecule has 1 aliphatic heterocycles. The van der Waals surface area contributed by atoms with Gasteiger partial charge in [0.2, 0.25) is 5.91 Å². The van der Waals surface area contributed by atoms with Crippen LogP contribution in [0.4, 0.5) is 0 Å². The minimum Gasteiger partial charge on any atom is -0.338 e. The van der Waals surface area contributed by atoms with Gasteiger partial charge < -0.3 is 10.2 Å². The summed E-state index contributed by atoms with van der Waals surface area (Å²) in [7, 11) is 0. The molecule has 1 atom stereocenters. The molecule has 1 unspecified atom stereocenters. The lowest BCUT2D eigenvalue weighted by Gasteiger charge is -2.28. The van der Waals surface area contributed by atoms with Gasteiger partial charge in [-0.3, -0.25) is 4.79 Å². The Morgan fingerprint density at radius 3 is 2.36 bits per heavy atom. The molecular weight excluding hydrogens is 328 g/mol. The molecule has 25 heavy (non-hydrogen) atoms. The highest BCUT2D eigenvalue weighted by Crippen LogP contribution is 2.14. The van der Waals surface area contributed by atoms with Gasteiger partial charge in [0.25, 0.3) is 0 Å². The molecule has 2 aromatic rings. The second-order valence-corrected chi connectivity index (χ2v) is 7.62. The Kier molecular flexibility index (Phi) is 6.95. The lowest BCUT2D eigenvalue weighted by molar-refractivity contribution is -0.132. The van der Waals surface area contributed by atoms with Crippen LogP contribution in [0.3, 0.4) is 0 Å². The standard InChI is InChI=1S/C21H26N2OS/c24-21(15-20-17-25-14-12-22-20)23(16-19-9-5-2-6-10-19)13-11-18-7-3-1-4-8-18/h1-10,20,22H,11-17H2. The minimum absolute atomic E-state index is 0.250. The van der Waals surface area contributed by atoms with Crippen molar-refractivity contribution in [3.05, 3.63) is 71.8 Å². The average Bonchev–Trinajstić information content (AvgIpc) is 2.67. The number of nitrogens with zero attached hydrogens (tertiary/aromatic N) is 1. The number of thioether (sulfide) groups is 1. The molecule has 4 heteroatoms. The second kappa shape index (κ2) is 9.64. The van der Waals surface area contributed by atoms with Gasteiger partial charge in [0.1, 0.15) is 0 Å². The summed E-state index contributed by atoms with van der Waals surface area (Å²) in [5, 5.41) is 3.47. The number of amides is 1. The van der Waals surface area contributed by atoms with Gasteiger partial charge in [0.15, 0.2) is 0 Å². The molecule has 0 aromatic heterocycles. The van der Waals surface area contributed by atoms with Crippen LogP contribution in [0.25, 0.3) is 0 Å². The number of benzene rings is 2. The van der Waals surface area contributed by atoms with Gasteiger partial charge in [-0.2, -0.15) is 11.8 Å². The van der Waals surface area contributed by atoms with E-state index in [4.69, 9.17) is 0 Å². The third kappa shape index (κ3) is 5.91. The molecule has 0 saturated carbocycles. The van der Waals surface area contributed by atoms with Crippen LogP contribution in [0.5, 0.6) is 0 Å². The second-order valence-electron chi connectivity index (χ2n) is 6.47. The van der Waals surface area contributed by atoms with Crippen LogP contribution in [0.15, 0.2) is 60.7 Å². The molecule has 0 aliphatic carbocycles. The highest BCUT2D eigenvalue weighted by atomic mass is 32.2. The summed E-state index contributed by atoms with van der Waals surface area (Å²) in [6, 6.07) is 21.0. The van der Waals surface area contributed by atoms with Crippen LogP contribution in [0, 0.1) is 0 Å². The Labute approximate surface area is 154 Å². The van der Waals surface area contributed by atoms with E-state index in [2.05, 4.69) is 41.7 Å². The van der Waals surface area contributed by atoms with Crippen molar-refractivity contribution in [2.24, 2.45) is 0 Å². The van der Waals surface area contributed by atoms with Gasteiger partial charge in [0.05, 0.1) is 0 Å². The van der Waals surface area contributed by atoms with Crippen LogP contribution in [0.1, 0.15) is 17.5 Å². The van der Waals surface area contributed by atoms with Crippen LogP contribution in [-0.4, -0.2) is 41.4 Å². The number of hydrogen-bond acceptors (Lipinski definition) is 3. The van der Waals surface area contributed by atoms with Gasteiger partial charge in [-0.05, 0) is 17.5 Å². The molecule has 2 aromatic carbocycles. The topological polar surface area (TPSA) is 32.3 Å². The fraction of sp³-hybridized carbons (Fsp3) is 0.381. The first kappa shape index (κ1) is 18.0. The summed E-state index contributed by atoms with van der Waals surface area (Å²) in [6.07, 6.45) is 1.49. The zero-order chi connectivity index (χ0) is 17.3. The Morgan fingerprint density at radius 2 is 1.72 bits per heavy atom. The third-order valence-corrected chi connectivity index (χ3v) is 5.63. The van der Waals surface area contributed by atoms with Crippen molar-refractivity contribution in [1.29, 1.82) is 0 Å². The van der Waals surface area contributed by atoms with Crippen LogP contribution in [-0.2, 0) is 17.8 Å². The first-order valence-electron chi connectivity index (χ1n) is 8.98. The van der Waals surface area contributed by atoms with E-state index in [1.54, 1.807) is 0 Å². The number of carbonyl (C=O) groups excluding carboxylic acids is 1. The van der Waals surface area contributed by atoms with E-state index in [1.165, 1.54) is 11.1 Å². The van der Waals surface area contributed by atoms with Crippen molar-refractivity contribution in [1.82, 2.24) is 10.2 Å². The third-order valence-electron chi connectivity index (χ3n) is 4.50. The molecule has 3 nitrogen and oxygen atoms in total. The molecule has 132 valence electrons. The molecule has 1 amide bonds. The fourth-order valence-corrected chi connectivity index (χ4v) is 4.04. The van der Waals surface area contributed by atoms with E-state index in [0.717, 1.165) is 31.0 Å². The summed E-state index contributed by atoms with van der Waals surface area (Å²) >= 11 is 1.94. The largest absolute Gasteiger partial charge is 0.338 e. The summed E-state index contributed by atoms with van der Waals surface area (Å²) < 4.78 is 0. The molecule has 1 saturated heterocycles. The van der Waals surface area contributed by atoms with Crippen molar-refractivity contribution < 1.29 is 4.79 Å². The van der Waals surface area contributed by atoms with Crippen molar-refractivity contribution in [2.75, 3.05) is 24.6 Å². The fourth-order valence-electron chi connectivity index (χ4n) is 3.10. The summed E-state index contributed by atoms with van der Waals surface area (Å²) in [5.74, 6) is 2.43. The monoisotopic (exact) mass is 354 g/mol. The molecular formula is C21H26N2OS. The van der Waals surface area contributed by atoms with Crippen LogP contribution in [0.2, 0.25) is 0 Å². The molecule has 3 rings (SSSR count). The Hall–Kier alpha value is -1.78. The SMILES string of the molecule is O=C(CC1CSCCN1)N(CCc1ccccc1)Cc1ccccc1. The lowest BCUT2D eigenvalue weighted by atomic mass is 10.1. The molecule has 1 fully saturated rings. The van der Waals surface area contributed by atoms with Crippen molar-refractivity contribution >= 4 is 17.7 Å². The van der Waals surface area contributed by atoms with Gasteiger partial charge in [-0.1, -0.05) is 60.7 Å². The van der Waals surface area contributed by atoms with Crippen LogP contribution >= 0.6 is 11.8 Å². The number of carbonyl (C=O) groups is 1. The molecule has 0 spiro atoms. The maximum Gasteiger partial charge on any atom is 0.224 e. The zero-order valence-corrected chi connectivity index (χ0v) is 15.4. The highest BCUT2D eigenvalue weighted by Gasteiger charge is 2.21. The predicted molar refractivity (Wildman–Crippen MR) is 106 cm³/mol. The maximum atomic E-state index is 12.9. The number of hydrogen-bond donors (Lipinski definition) is 1. The van der Waals surface area contributed by atoms with E-state index in [0.29, 0.717) is 19.0 Å². The van der Waals surface area contributed by atoms with Gasteiger partial charge in [-0.15, -0.1) is 0 Å². The minimum atomic E-state index is 0.250. The van der Waals surface area contributed by atoms with Gasteiger partial charge >= 0.3 is 0 Å². The number of rotatable bonds is 7. The molecule has 1 heterocycles. The molecule has 1 aliphatic rings. The first-order valence-corrected chi connectivity index (χ1v) is 10.1. The number of nitrogens with one attached hydrogen (secondary N) is 1. The Balaban J connectivity index is 1.63. The van der Waals surface area contributed by atoms with E-state index < -0.39 is 0 Å². The van der Waals surface area contributed by atoms with Crippen molar-refractivity contribution in [3.8, 4) is 0 Å². The lowest BCUT2D eigenvalue weighted by Crippen LogP contribution is -2.43. The highest BCUT2D eigenvalue weighted by molar-refractivity contribution is 7.99. The summed E-state index contributed by atoms with van der Waals surface area (Å²) in [6.45, 7) is 2.45.